The van der Waals surface area contributed by atoms with Crippen LogP contribution in [0.25, 0.3) is 0 Å². The number of carbonyl (C=O) groups is 1. The van der Waals surface area contributed by atoms with Gasteiger partial charge in [0.05, 0.1) is 5.56 Å². The highest BCUT2D eigenvalue weighted by Gasteiger charge is 1.97. The van der Waals surface area contributed by atoms with Crippen molar-refractivity contribution in [3.05, 3.63) is 35.0 Å². The summed E-state index contributed by atoms with van der Waals surface area (Å²) in [5.74, 6) is 2.98. The molecule has 1 heterocycles. The minimum atomic E-state index is -0.942. The average molecular weight is 169 g/mol. The van der Waals surface area contributed by atoms with E-state index in [2.05, 4.69) is 10.8 Å². The Hall–Kier alpha value is -1.98. The molecule has 3 N–H and O–H groups in total. The van der Waals surface area contributed by atoms with Crippen LogP contribution < -0.4 is 5.84 Å². The van der Waals surface area contributed by atoms with Crippen molar-refractivity contribution in [1.29, 1.82) is 0 Å². The standard InChI is InChI=1S/C6H5NO2.H2N2O/c8-6(9)5-2-1-3-7-4-5;1-2-3/h1-4H,(H,8,9);(H2,1,3). The summed E-state index contributed by atoms with van der Waals surface area (Å²) >= 11 is 0. The number of carboxylic acid groups (broad SMARTS) is 1. The third-order valence-corrected chi connectivity index (χ3v) is 0.908. The Kier molecular flexibility index (Phi) is 4.83. The van der Waals surface area contributed by atoms with Crippen molar-refractivity contribution in [3.8, 4) is 0 Å². The molecule has 6 nitrogen and oxygen atoms in total. The molecule has 0 aliphatic heterocycles. The fourth-order valence-electron chi connectivity index (χ4n) is 0.489. The maximum Gasteiger partial charge on any atom is 0.337 e. The average Bonchev–Trinajstić information content (AvgIpc) is 2.07. The predicted molar refractivity (Wildman–Crippen MR) is 41.2 cm³/mol. The number of carboxylic acids is 1. The second-order valence-electron chi connectivity index (χ2n) is 1.65. The molecule has 0 saturated carbocycles. The Bertz CT molecular complexity index is 249. The molecule has 64 valence electrons. The van der Waals surface area contributed by atoms with E-state index in [0.29, 0.717) is 0 Å². The van der Waals surface area contributed by atoms with Crippen molar-refractivity contribution in [2.75, 3.05) is 0 Å². The number of aromatic nitrogens is 1. The van der Waals surface area contributed by atoms with Gasteiger partial charge in [-0.3, -0.25) is 10.8 Å². The number of nitroso groups, excluding NO2 is 1. The maximum atomic E-state index is 10.2. The molecule has 0 saturated heterocycles. The Morgan fingerprint density at radius 2 is 2.25 bits per heavy atom. The highest BCUT2D eigenvalue weighted by Crippen LogP contribution is 1.92. The lowest BCUT2D eigenvalue weighted by atomic mass is 10.3. The van der Waals surface area contributed by atoms with E-state index in [1.807, 2.05) is 0 Å². The zero-order valence-electron chi connectivity index (χ0n) is 6.04. The Morgan fingerprint density at radius 3 is 2.50 bits per heavy atom. The van der Waals surface area contributed by atoms with E-state index >= 15 is 0 Å². The molecule has 1 rings (SSSR count). The van der Waals surface area contributed by atoms with Crippen LogP contribution >= 0.6 is 0 Å². The van der Waals surface area contributed by atoms with Crippen LogP contribution in [0.15, 0.2) is 29.8 Å². The highest BCUT2D eigenvalue weighted by molar-refractivity contribution is 5.86. The quantitative estimate of drug-likeness (QED) is 0.359. The molecule has 0 aliphatic rings. The first-order valence-electron chi connectivity index (χ1n) is 2.88. The summed E-state index contributed by atoms with van der Waals surface area (Å²) in [6, 6.07) is 3.08. The van der Waals surface area contributed by atoms with Crippen LogP contribution in [0, 0.1) is 4.91 Å². The summed E-state index contributed by atoms with van der Waals surface area (Å²) in [5, 5.41) is 10.1. The zero-order chi connectivity index (χ0) is 9.40. The van der Waals surface area contributed by atoms with Gasteiger partial charge in [0.25, 0.3) is 0 Å². The molecule has 0 aromatic carbocycles. The summed E-state index contributed by atoms with van der Waals surface area (Å²) in [6.45, 7) is 0. The van der Waals surface area contributed by atoms with Crippen molar-refractivity contribution >= 4 is 5.97 Å². The first kappa shape index (κ1) is 10.0. The number of nitrogens with two attached hydrogens (primary N) is 1. The SMILES string of the molecule is NN=O.O=C(O)c1cccnc1. The summed E-state index contributed by atoms with van der Waals surface area (Å²) in [7, 11) is 0. The summed E-state index contributed by atoms with van der Waals surface area (Å²) in [5.41, 5.74) is 0.220. The molecule has 0 amide bonds. The summed E-state index contributed by atoms with van der Waals surface area (Å²) < 4.78 is 0. The van der Waals surface area contributed by atoms with Crippen molar-refractivity contribution in [1.82, 2.24) is 4.98 Å². The highest BCUT2D eigenvalue weighted by atomic mass is 16.4. The number of rotatable bonds is 1. The first-order chi connectivity index (χ1) is 5.72. The van der Waals surface area contributed by atoms with Crippen LogP contribution in [0.4, 0.5) is 0 Å². The van der Waals surface area contributed by atoms with Crippen molar-refractivity contribution in [3.63, 3.8) is 0 Å². The number of nitrogens with zero attached hydrogens (tertiary/aromatic N) is 2. The molecule has 0 unspecified atom stereocenters. The van der Waals surface area contributed by atoms with Gasteiger partial charge in [-0.25, -0.2) is 4.79 Å². The summed E-state index contributed by atoms with van der Waals surface area (Å²) in [4.78, 5) is 22.1. The molecule has 0 aliphatic carbocycles. The topological polar surface area (TPSA) is 106 Å². The van der Waals surface area contributed by atoms with E-state index < -0.39 is 5.97 Å². The molecule has 0 spiro atoms. The minimum Gasteiger partial charge on any atom is -0.478 e. The Balaban J connectivity index is 0.000000354. The number of aromatic carboxylic acids is 1. The van der Waals surface area contributed by atoms with Crippen LogP contribution in [0.1, 0.15) is 10.4 Å². The Labute approximate surface area is 68.0 Å². The van der Waals surface area contributed by atoms with Crippen LogP contribution in [0.3, 0.4) is 0 Å². The minimum absolute atomic E-state index is 0.220. The van der Waals surface area contributed by atoms with Crippen LogP contribution in [0.2, 0.25) is 0 Å². The van der Waals surface area contributed by atoms with Gasteiger partial charge in [-0.05, 0) is 12.1 Å². The lowest BCUT2D eigenvalue weighted by Gasteiger charge is -1.87. The van der Waals surface area contributed by atoms with Gasteiger partial charge < -0.3 is 5.11 Å². The number of hydrogen-bond acceptors (Lipinski definition) is 4. The van der Waals surface area contributed by atoms with Crippen molar-refractivity contribution in [2.45, 2.75) is 0 Å². The molecule has 0 bridgehead atoms. The predicted octanol–water partition coefficient (Wildman–Crippen LogP) is 0.406. The normalized spacial score (nSPS) is 7.67. The van der Waals surface area contributed by atoms with E-state index in [9.17, 15) is 4.79 Å². The second-order valence-corrected chi connectivity index (χ2v) is 1.65. The fourth-order valence-corrected chi connectivity index (χ4v) is 0.489. The fraction of sp³-hybridized carbons (Fsp3) is 0. The van der Waals surface area contributed by atoms with Gasteiger partial charge in [-0.1, -0.05) is 0 Å². The van der Waals surface area contributed by atoms with E-state index in [-0.39, 0.29) is 5.56 Å². The smallest absolute Gasteiger partial charge is 0.337 e. The van der Waals surface area contributed by atoms with E-state index in [1.54, 1.807) is 11.4 Å². The van der Waals surface area contributed by atoms with Crippen LogP contribution in [-0.4, -0.2) is 16.1 Å². The zero-order valence-corrected chi connectivity index (χ0v) is 6.04. The lowest BCUT2D eigenvalue weighted by Crippen LogP contribution is -1.94. The monoisotopic (exact) mass is 169 g/mol. The third kappa shape index (κ3) is 3.94. The van der Waals surface area contributed by atoms with Crippen LogP contribution in [0.5, 0.6) is 0 Å². The van der Waals surface area contributed by atoms with Gasteiger partial charge in [-0.15, -0.1) is 4.91 Å². The van der Waals surface area contributed by atoms with Gasteiger partial charge in [0, 0.05) is 17.7 Å². The molecule has 12 heavy (non-hydrogen) atoms. The third-order valence-electron chi connectivity index (χ3n) is 0.908. The first-order valence-corrected chi connectivity index (χ1v) is 2.88. The largest absolute Gasteiger partial charge is 0.478 e. The van der Waals surface area contributed by atoms with Gasteiger partial charge in [-0.2, -0.15) is 0 Å². The van der Waals surface area contributed by atoms with E-state index in [0.717, 1.165) is 0 Å². The molecular formula is C6H7N3O3. The maximum absolute atomic E-state index is 10.2. The second kappa shape index (κ2) is 5.78. The van der Waals surface area contributed by atoms with E-state index in [1.165, 1.54) is 18.5 Å². The van der Waals surface area contributed by atoms with Gasteiger partial charge in [0.2, 0.25) is 0 Å². The molecule has 0 atom stereocenters. The molecule has 1 aromatic rings. The number of pyridine rings is 1. The molecule has 0 radical (unpaired) electrons. The lowest BCUT2D eigenvalue weighted by molar-refractivity contribution is 0.0696. The molecule has 6 heteroatoms. The van der Waals surface area contributed by atoms with Crippen molar-refractivity contribution in [2.24, 2.45) is 11.1 Å². The molecular weight excluding hydrogens is 162 g/mol. The molecule has 0 fully saturated rings. The van der Waals surface area contributed by atoms with Gasteiger partial charge >= 0.3 is 5.97 Å². The van der Waals surface area contributed by atoms with Crippen molar-refractivity contribution < 1.29 is 9.90 Å². The summed E-state index contributed by atoms with van der Waals surface area (Å²) in [6.07, 6.45) is 2.84. The van der Waals surface area contributed by atoms with E-state index in [4.69, 9.17) is 10.0 Å². The van der Waals surface area contributed by atoms with Crippen LogP contribution in [-0.2, 0) is 0 Å². The molecule has 1 aromatic heterocycles. The van der Waals surface area contributed by atoms with Gasteiger partial charge in [0.15, 0.2) is 0 Å². The Morgan fingerprint density at radius 1 is 1.67 bits per heavy atom. The number of hydrogen-bond donors (Lipinski definition) is 2. The van der Waals surface area contributed by atoms with Gasteiger partial charge in [0.1, 0.15) is 0 Å².